The molecule has 1 aromatic heterocycles. The van der Waals surface area contributed by atoms with Gasteiger partial charge in [-0.25, -0.2) is 0 Å². The van der Waals surface area contributed by atoms with Crippen molar-refractivity contribution in [2.75, 3.05) is 19.0 Å². The van der Waals surface area contributed by atoms with Crippen LogP contribution < -0.4 is 4.90 Å². The number of fused-ring (bicyclic) bond motifs is 1. The van der Waals surface area contributed by atoms with Crippen molar-refractivity contribution in [1.29, 1.82) is 5.41 Å². The van der Waals surface area contributed by atoms with Crippen LogP contribution >= 0.6 is 11.8 Å². The van der Waals surface area contributed by atoms with Gasteiger partial charge in [-0.3, -0.25) is 15.2 Å². The van der Waals surface area contributed by atoms with E-state index in [4.69, 9.17) is 5.41 Å². The maximum absolute atomic E-state index is 12.5. The van der Waals surface area contributed by atoms with Crippen LogP contribution in [-0.2, 0) is 4.79 Å². The van der Waals surface area contributed by atoms with Gasteiger partial charge in [0.15, 0.2) is 5.84 Å². The number of hydrazone groups is 1. The summed E-state index contributed by atoms with van der Waals surface area (Å²) in [5.74, 6) is -0.403. The van der Waals surface area contributed by atoms with Crippen LogP contribution in [-0.4, -0.2) is 46.0 Å². The number of aliphatic imine (C=N–C) groups is 1. The van der Waals surface area contributed by atoms with Crippen LogP contribution in [0.2, 0.25) is 0 Å². The molecule has 27 heavy (non-hydrogen) atoms. The molecule has 134 valence electrons. The SMILES string of the molecule is CN(C)c1ccc(C=C2C(=N)N3N=C(c4ccncc4)SC3=NC2=O)cc1. The highest BCUT2D eigenvalue weighted by Gasteiger charge is 2.35. The first-order chi connectivity index (χ1) is 13.0. The van der Waals surface area contributed by atoms with Crippen LogP contribution in [0.1, 0.15) is 11.1 Å². The summed E-state index contributed by atoms with van der Waals surface area (Å²) in [6.45, 7) is 0. The highest BCUT2D eigenvalue weighted by molar-refractivity contribution is 8.27. The van der Waals surface area contributed by atoms with Crippen molar-refractivity contribution in [3.63, 3.8) is 0 Å². The maximum Gasteiger partial charge on any atom is 0.283 e. The molecular formula is C19H16N6OS. The van der Waals surface area contributed by atoms with Crippen LogP contribution in [0.5, 0.6) is 0 Å². The monoisotopic (exact) mass is 376 g/mol. The zero-order valence-electron chi connectivity index (χ0n) is 14.7. The van der Waals surface area contributed by atoms with Gasteiger partial charge in [0.1, 0.15) is 5.04 Å². The number of anilines is 1. The zero-order chi connectivity index (χ0) is 19.0. The first-order valence-corrected chi connectivity index (χ1v) is 9.02. The first-order valence-electron chi connectivity index (χ1n) is 8.21. The number of nitrogens with zero attached hydrogens (tertiary/aromatic N) is 5. The predicted octanol–water partition coefficient (Wildman–Crippen LogP) is 2.82. The summed E-state index contributed by atoms with van der Waals surface area (Å²) in [5.41, 5.74) is 2.98. The number of carbonyl (C=O) groups excluding carboxylic acids is 1. The van der Waals surface area contributed by atoms with Crippen molar-refractivity contribution in [3.05, 3.63) is 65.5 Å². The van der Waals surface area contributed by atoms with Crippen LogP contribution in [0.15, 0.2) is 64.5 Å². The Kier molecular flexibility index (Phi) is 4.33. The minimum absolute atomic E-state index is 0.0262. The Balaban J connectivity index is 1.65. The van der Waals surface area contributed by atoms with Gasteiger partial charge < -0.3 is 4.90 Å². The fourth-order valence-electron chi connectivity index (χ4n) is 2.64. The number of amides is 1. The van der Waals surface area contributed by atoms with E-state index >= 15 is 0 Å². The molecule has 0 saturated heterocycles. The Morgan fingerprint density at radius 1 is 1.11 bits per heavy atom. The van der Waals surface area contributed by atoms with E-state index in [0.29, 0.717) is 10.2 Å². The summed E-state index contributed by atoms with van der Waals surface area (Å²) in [4.78, 5) is 22.6. The van der Waals surface area contributed by atoms with Crippen LogP contribution in [0, 0.1) is 5.41 Å². The molecule has 0 fully saturated rings. The molecule has 2 aliphatic heterocycles. The fraction of sp³-hybridized carbons (Fsp3) is 0.105. The van der Waals surface area contributed by atoms with Gasteiger partial charge in [-0.2, -0.15) is 15.1 Å². The van der Waals surface area contributed by atoms with Crippen molar-refractivity contribution >= 4 is 45.5 Å². The lowest BCUT2D eigenvalue weighted by molar-refractivity contribution is -0.114. The third-order valence-electron chi connectivity index (χ3n) is 4.10. The molecule has 0 radical (unpaired) electrons. The van der Waals surface area contributed by atoms with Crippen molar-refractivity contribution in [2.45, 2.75) is 0 Å². The van der Waals surface area contributed by atoms with Gasteiger partial charge in [-0.15, -0.1) is 0 Å². The van der Waals surface area contributed by atoms with Gasteiger partial charge in [0, 0.05) is 37.7 Å². The molecule has 2 aliphatic rings. The van der Waals surface area contributed by atoms with E-state index < -0.39 is 5.91 Å². The molecule has 3 heterocycles. The van der Waals surface area contributed by atoms with Crippen molar-refractivity contribution in [1.82, 2.24) is 9.99 Å². The molecule has 0 aliphatic carbocycles. The Morgan fingerprint density at radius 3 is 2.48 bits per heavy atom. The molecule has 0 bridgehead atoms. The lowest BCUT2D eigenvalue weighted by atomic mass is 10.1. The van der Waals surface area contributed by atoms with Crippen LogP contribution in [0.25, 0.3) is 6.08 Å². The van der Waals surface area contributed by atoms with E-state index in [1.165, 1.54) is 16.8 Å². The standard InChI is InChI=1S/C19H16N6OS/c1-24(2)14-5-3-12(4-6-14)11-15-16(20)25-19(22-17(15)26)27-18(23-25)13-7-9-21-10-8-13/h3-11,20H,1-2H3. The van der Waals surface area contributed by atoms with E-state index in [9.17, 15) is 4.79 Å². The summed E-state index contributed by atoms with van der Waals surface area (Å²) in [7, 11) is 3.93. The first kappa shape index (κ1) is 17.2. The number of pyridine rings is 1. The number of hydrogen-bond acceptors (Lipinski definition) is 6. The second kappa shape index (κ2) is 6.81. The second-order valence-electron chi connectivity index (χ2n) is 6.15. The number of aromatic nitrogens is 1. The number of hydrogen-bond donors (Lipinski definition) is 1. The lowest BCUT2D eigenvalue weighted by Crippen LogP contribution is -2.35. The molecular weight excluding hydrogens is 360 g/mol. The van der Waals surface area contributed by atoms with Crippen LogP contribution in [0.4, 0.5) is 5.69 Å². The van der Waals surface area contributed by atoms with E-state index in [-0.39, 0.29) is 11.4 Å². The van der Waals surface area contributed by atoms with Gasteiger partial charge in [-0.05, 0) is 47.7 Å². The zero-order valence-corrected chi connectivity index (χ0v) is 15.6. The number of rotatable bonds is 3. The average Bonchev–Trinajstić information content (AvgIpc) is 3.10. The van der Waals surface area contributed by atoms with E-state index in [1.807, 2.05) is 55.4 Å². The molecule has 0 saturated carbocycles. The highest BCUT2D eigenvalue weighted by atomic mass is 32.2. The van der Waals surface area contributed by atoms with Gasteiger partial charge in [0.05, 0.1) is 5.57 Å². The van der Waals surface area contributed by atoms with Crippen molar-refractivity contribution < 1.29 is 4.79 Å². The number of amidine groups is 2. The van der Waals surface area contributed by atoms with Crippen LogP contribution in [0.3, 0.4) is 0 Å². The Morgan fingerprint density at radius 2 is 1.81 bits per heavy atom. The highest BCUT2D eigenvalue weighted by Crippen LogP contribution is 2.30. The average molecular weight is 376 g/mol. The number of carbonyl (C=O) groups is 1. The lowest BCUT2D eigenvalue weighted by Gasteiger charge is -2.20. The molecule has 1 amide bonds. The quantitative estimate of drug-likeness (QED) is 0.833. The fourth-order valence-corrected chi connectivity index (χ4v) is 3.54. The summed E-state index contributed by atoms with van der Waals surface area (Å²) in [5, 5.41) is 15.4. The smallest absolute Gasteiger partial charge is 0.283 e. The largest absolute Gasteiger partial charge is 0.378 e. The van der Waals surface area contributed by atoms with E-state index in [0.717, 1.165) is 16.8 Å². The minimum Gasteiger partial charge on any atom is -0.378 e. The molecule has 7 nitrogen and oxygen atoms in total. The summed E-state index contributed by atoms with van der Waals surface area (Å²) in [6.07, 6.45) is 5.03. The van der Waals surface area contributed by atoms with Crippen molar-refractivity contribution in [3.8, 4) is 0 Å². The number of thioether (sulfide) groups is 1. The Labute approximate surface area is 160 Å². The normalized spacial score (nSPS) is 17.7. The van der Waals surface area contributed by atoms with Gasteiger partial charge >= 0.3 is 0 Å². The second-order valence-corrected chi connectivity index (χ2v) is 7.10. The van der Waals surface area contributed by atoms with Crippen molar-refractivity contribution in [2.24, 2.45) is 10.1 Å². The molecule has 8 heteroatoms. The molecule has 0 atom stereocenters. The van der Waals surface area contributed by atoms with Gasteiger partial charge in [-0.1, -0.05) is 12.1 Å². The molecule has 0 unspecified atom stereocenters. The topological polar surface area (TPSA) is 85.0 Å². The summed E-state index contributed by atoms with van der Waals surface area (Å²) < 4.78 is 0. The Hall–Kier alpha value is -3.26. The molecule has 1 N–H and O–H groups in total. The predicted molar refractivity (Wildman–Crippen MR) is 109 cm³/mol. The molecule has 4 rings (SSSR count). The van der Waals surface area contributed by atoms with Gasteiger partial charge in [0.25, 0.3) is 5.91 Å². The van der Waals surface area contributed by atoms with E-state index in [2.05, 4.69) is 15.1 Å². The number of benzene rings is 1. The summed E-state index contributed by atoms with van der Waals surface area (Å²) in [6, 6.07) is 11.4. The van der Waals surface area contributed by atoms with E-state index in [1.54, 1.807) is 18.5 Å². The minimum atomic E-state index is -0.429. The molecule has 1 aromatic carbocycles. The maximum atomic E-state index is 12.5. The molecule has 0 spiro atoms. The molecule has 2 aromatic rings. The third-order valence-corrected chi connectivity index (χ3v) is 5.06. The summed E-state index contributed by atoms with van der Waals surface area (Å²) >= 11 is 1.27. The third kappa shape index (κ3) is 3.26. The van der Waals surface area contributed by atoms with Gasteiger partial charge in [0.2, 0.25) is 5.17 Å². The Bertz CT molecular complexity index is 1010. The number of nitrogens with one attached hydrogen (secondary N) is 1.